The number of hydrogen-bond acceptors (Lipinski definition) is 17. The first-order chi connectivity index (χ1) is 38.9. The molecule has 3 fully saturated rings. The maximum Gasteiger partial charge on any atom is 0.251 e. The van der Waals surface area contributed by atoms with E-state index in [-0.39, 0.29) is 23.4 Å². The highest BCUT2D eigenvalue weighted by Crippen LogP contribution is 2.28. The van der Waals surface area contributed by atoms with Gasteiger partial charge in [0.25, 0.3) is 5.91 Å². The molecule has 0 unspecified atom stereocenters. The van der Waals surface area contributed by atoms with Gasteiger partial charge in [0.05, 0.1) is 31.0 Å². The largest absolute Gasteiger partial charge is 0.508 e. The summed E-state index contributed by atoms with van der Waals surface area (Å²) in [6.07, 6.45) is -15.9. The van der Waals surface area contributed by atoms with Gasteiger partial charge in [-0.1, -0.05) is 62.1 Å². The Bertz CT molecular complexity index is 2990. The molecule has 0 radical (unpaired) electrons. The molecular formula is C58H69N7O17. The van der Waals surface area contributed by atoms with E-state index in [0.29, 0.717) is 12.2 Å². The number of aliphatic hydroxyl groups excluding tert-OH is 8. The van der Waals surface area contributed by atoms with Crippen LogP contribution in [0.1, 0.15) is 80.1 Å². The quantitative estimate of drug-likeness (QED) is 0.0724. The van der Waals surface area contributed by atoms with Crippen molar-refractivity contribution in [2.45, 2.75) is 132 Å². The number of aliphatic hydroxyl groups is 8. The number of phenolic OH excluding ortho intramolecular Hbond substituents is 1. The van der Waals surface area contributed by atoms with Crippen molar-refractivity contribution < 1.29 is 84.3 Å². The van der Waals surface area contributed by atoms with Crippen LogP contribution in [0.2, 0.25) is 0 Å². The molecule has 3 saturated heterocycles. The minimum absolute atomic E-state index is 0.00418. The van der Waals surface area contributed by atoms with Gasteiger partial charge in [0.15, 0.2) is 6.23 Å². The molecule has 15 atom stereocenters. The van der Waals surface area contributed by atoms with Crippen LogP contribution in [-0.4, -0.2) is 196 Å². The molecule has 7 rings (SSSR count). The van der Waals surface area contributed by atoms with Crippen molar-refractivity contribution in [3.05, 3.63) is 119 Å². The van der Waals surface area contributed by atoms with Crippen LogP contribution >= 0.6 is 0 Å². The smallest absolute Gasteiger partial charge is 0.251 e. The normalized spacial score (nSPS) is 27.3. The van der Waals surface area contributed by atoms with Gasteiger partial charge in [-0.3, -0.25) is 33.6 Å². The summed E-state index contributed by atoms with van der Waals surface area (Å²) in [6.45, 7) is 5.31. The zero-order valence-corrected chi connectivity index (χ0v) is 45.3. The Morgan fingerprint density at radius 3 is 1.77 bits per heavy atom. The van der Waals surface area contributed by atoms with Crippen molar-refractivity contribution in [3.63, 3.8) is 0 Å². The summed E-state index contributed by atoms with van der Waals surface area (Å²) < 4.78 is 5.63. The third kappa shape index (κ3) is 14.7. The van der Waals surface area contributed by atoms with E-state index in [9.17, 15) is 79.5 Å². The number of nitrogens with zero attached hydrogens (tertiary/aromatic N) is 2. The number of hydrogen-bond donors (Lipinski definition) is 14. The molecule has 0 aromatic heterocycles. The van der Waals surface area contributed by atoms with Crippen molar-refractivity contribution in [1.29, 1.82) is 0 Å². The van der Waals surface area contributed by atoms with Crippen LogP contribution < -0.4 is 31.3 Å². The van der Waals surface area contributed by atoms with Gasteiger partial charge in [0, 0.05) is 48.5 Å². The molecule has 24 nitrogen and oxygen atoms in total. The zero-order chi connectivity index (χ0) is 59.7. The molecule has 4 aromatic carbocycles. The lowest BCUT2D eigenvalue weighted by molar-refractivity contribution is -0.148. The first-order valence-corrected chi connectivity index (χ1v) is 26.8. The van der Waals surface area contributed by atoms with Crippen molar-refractivity contribution in [1.82, 2.24) is 36.4 Å². The lowest BCUT2D eigenvalue weighted by Crippen LogP contribution is -2.64. The Labute approximate surface area is 472 Å². The predicted molar refractivity (Wildman–Crippen MR) is 291 cm³/mol. The summed E-state index contributed by atoms with van der Waals surface area (Å²) in [6, 6.07) is 13.9. The van der Waals surface area contributed by atoms with Crippen LogP contribution in [0.5, 0.6) is 11.5 Å². The molecule has 14 N–H and O–H groups in total. The van der Waals surface area contributed by atoms with E-state index >= 15 is 0 Å². The Kier molecular flexibility index (Phi) is 20.4. The van der Waals surface area contributed by atoms with Crippen molar-refractivity contribution in [2.75, 3.05) is 19.7 Å². The van der Waals surface area contributed by atoms with E-state index in [1.54, 1.807) is 12.1 Å². The second-order valence-corrected chi connectivity index (χ2v) is 20.8. The first kappa shape index (κ1) is 61.6. The summed E-state index contributed by atoms with van der Waals surface area (Å²) in [7, 11) is 0. The molecule has 0 spiro atoms. The maximum absolute atomic E-state index is 14.5. The molecule has 3 aliphatic rings. The fourth-order valence-corrected chi connectivity index (χ4v) is 9.82. The number of ether oxygens (including phenoxy) is 1. The molecule has 82 heavy (non-hydrogen) atoms. The average Bonchev–Trinajstić information content (AvgIpc) is 4.22. The maximum atomic E-state index is 14.5. The number of rotatable bonds is 11. The summed E-state index contributed by atoms with van der Waals surface area (Å²) in [4.78, 5) is 102. The summed E-state index contributed by atoms with van der Waals surface area (Å²) in [5.74, 6) is -2.50. The average molecular weight is 1140 g/mol. The van der Waals surface area contributed by atoms with Gasteiger partial charge in [0.2, 0.25) is 35.4 Å². The summed E-state index contributed by atoms with van der Waals surface area (Å²) >= 11 is 0. The second-order valence-electron chi connectivity index (χ2n) is 20.8. The Balaban J connectivity index is 1.18. The minimum atomic E-state index is -2.30. The van der Waals surface area contributed by atoms with Crippen LogP contribution in [0.25, 0.3) is 11.1 Å². The second kappa shape index (κ2) is 27.2. The molecule has 0 saturated carbocycles. The Hall–Kier alpha value is -7.99. The minimum Gasteiger partial charge on any atom is -0.508 e. The molecule has 24 heteroatoms. The van der Waals surface area contributed by atoms with Crippen LogP contribution in [0.15, 0.2) is 97.1 Å². The van der Waals surface area contributed by atoms with Gasteiger partial charge in [-0.2, -0.15) is 0 Å². The third-order valence-corrected chi connectivity index (χ3v) is 14.5. The lowest BCUT2D eigenvalue weighted by atomic mass is 9.96. The SMILES string of the molecule is CCCOc1ccc(C#Cc2ccc(-c3ccc(C(=O)N[C@H]4C[C@@H](O)[C@H](O)NC(=O)[C@@H]5[C@@H](O)[C@@H](C)CN5C(=O)[C@H]([C@@H](C)O)NC(=O)[C@H]([C@H](O)[C@@H](O)c5ccc(O)cc5)NC(=O)[C@@H]5C[C@@H](O)CN5C(=O)[C@H]([C@@H](C)O)NC4=O)cc3)cc2)cc1. The standard InChI is InChI=1S/C58H69N7O17/c1-5-24-82-40-22-10-33(11-23-40)7-6-32-8-12-34(13-9-32)35-14-16-37(17-15-35)51(74)59-41-26-43(70)54(77)63-56(79)47-48(71)29(2)27-65(47)58(81)45(31(4)67)61-55(78)46(50(73)49(72)36-18-20-38(68)21-19-36)62-53(76)42-25-39(69)28-64(42)57(80)44(30(3)66)60-52(41)75/h8-23,29-31,39,41-50,54,66-73,77H,5,24-28H2,1-4H3,(H,59,74)(H,60,75)(H,61,78)(H,62,76)(H,63,79)/t29-,30+,31+,39+,41-,42-,43+,44-,45-,46-,47-,48-,49-,50-,54-/m0/s1. The van der Waals surface area contributed by atoms with Gasteiger partial charge in [-0.05, 0) is 97.6 Å². The van der Waals surface area contributed by atoms with E-state index in [0.717, 1.165) is 64.6 Å². The van der Waals surface area contributed by atoms with E-state index in [1.165, 1.54) is 31.2 Å². The van der Waals surface area contributed by atoms with E-state index in [4.69, 9.17) is 4.74 Å². The fourth-order valence-electron chi connectivity index (χ4n) is 9.82. The number of phenols is 1. The van der Waals surface area contributed by atoms with Crippen LogP contribution in [0.4, 0.5) is 0 Å². The van der Waals surface area contributed by atoms with Gasteiger partial charge >= 0.3 is 0 Å². The fraction of sp³-hybridized carbons (Fsp3) is 0.431. The third-order valence-electron chi connectivity index (χ3n) is 14.5. The van der Waals surface area contributed by atoms with Crippen LogP contribution in [0.3, 0.4) is 0 Å². The molecular weight excluding hydrogens is 1070 g/mol. The predicted octanol–water partition coefficient (Wildman–Crippen LogP) is -1.97. The van der Waals surface area contributed by atoms with Gasteiger partial charge in [-0.25, -0.2) is 0 Å². The van der Waals surface area contributed by atoms with Crippen LogP contribution in [0, 0.1) is 17.8 Å². The topological polar surface area (TPSA) is 377 Å². The Morgan fingerprint density at radius 1 is 0.659 bits per heavy atom. The number of carbonyl (C=O) groups excluding carboxylic acids is 7. The van der Waals surface area contributed by atoms with E-state index < -0.39 is 152 Å². The van der Waals surface area contributed by atoms with Crippen molar-refractivity contribution >= 4 is 41.4 Å². The van der Waals surface area contributed by atoms with Crippen molar-refractivity contribution in [3.8, 4) is 34.5 Å². The number of aromatic hydroxyl groups is 1. The van der Waals surface area contributed by atoms with Gasteiger partial charge < -0.3 is 87.1 Å². The molecule has 438 valence electrons. The number of fused-ring (bicyclic) bond motifs is 2. The molecule has 0 aliphatic carbocycles. The number of amides is 7. The van der Waals surface area contributed by atoms with Gasteiger partial charge in [-0.15, -0.1) is 0 Å². The van der Waals surface area contributed by atoms with Crippen LogP contribution in [-0.2, 0) is 28.8 Å². The number of carbonyl (C=O) groups is 7. The van der Waals surface area contributed by atoms with E-state index in [2.05, 4.69) is 38.4 Å². The van der Waals surface area contributed by atoms with Gasteiger partial charge in [0.1, 0.15) is 66.1 Å². The highest BCUT2D eigenvalue weighted by Gasteiger charge is 2.50. The lowest BCUT2D eigenvalue weighted by Gasteiger charge is -2.34. The molecule has 7 amide bonds. The van der Waals surface area contributed by atoms with E-state index in [1.807, 2.05) is 55.5 Å². The molecule has 4 aromatic rings. The molecule has 3 heterocycles. The summed E-state index contributed by atoms with van der Waals surface area (Å²) in [5, 5.41) is 111. The Morgan fingerprint density at radius 2 is 1.20 bits per heavy atom. The molecule has 0 bridgehead atoms. The molecule has 3 aliphatic heterocycles. The monoisotopic (exact) mass is 1140 g/mol. The summed E-state index contributed by atoms with van der Waals surface area (Å²) in [5.41, 5.74) is 2.90. The number of benzene rings is 4. The zero-order valence-electron chi connectivity index (χ0n) is 45.3. The van der Waals surface area contributed by atoms with Crippen molar-refractivity contribution in [2.24, 2.45) is 5.92 Å². The first-order valence-electron chi connectivity index (χ1n) is 26.8. The highest BCUT2D eigenvalue weighted by molar-refractivity contribution is 6.00. The highest BCUT2D eigenvalue weighted by atomic mass is 16.5. The number of nitrogens with one attached hydrogen (secondary N) is 5.